The van der Waals surface area contributed by atoms with Crippen molar-refractivity contribution in [1.29, 1.82) is 0 Å². The highest BCUT2D eigenvalue weighted by Gasteiger charge is 2.45. The summed E-state index contributed by atoms with van der Waals surface area (Å²) in [6.07, 6.45) is -2.46. The van der Waals surface area contributed by atoms with E-state index in [0.717, 1.165) is 10.5 Å². The van der Waals surface area contributed by atoms with Gasteiger partial charge in [0.1, 0.15) is 11.9 Å². The molecule has 3 atom stereocenters. The second-order valence-corrected chi connectivity index (χ2v) is 6.94. The maximum absolute atomic E-state index is 12.6. The third-order valence-corrected chi connectivity index (χ3v) is 4.91. The van der Waals surface area contributed by atoms with Crippen molar-refractivity contribution in [2.75, 3.05) is 0 Å². The van der Waals surface area contributed by atoms with Crippen LogP contribution in [-0.4, -0.2) is 39.9 Å². The molecule has 25 heavy (non-hydrogen) atoms. The Balaban J connectivity index is 2.12. The lowest BCUT2D eigenvalue weighted by Gasteiger charge is -2.29. The molecule has 0 radical (unpaired) electrons. The number of ketones is 1. The molecular weight excluding hydrogens is 322 g/mol. The highest BCUT2D eigenvalue weighted by molar-refractivity contribution is 5.94. The van der Waals surface area contributed by atoms with E-state index >= 15 is 0 Å². The second kappa shape index (κ2) is 7.35. The number of benzene rings is 1. The van der Waals surface area contributed by atoms with E-state index in [0.29, 0.717) is 0 Å². The summed E-state index contributed by atoms with van der Waals surface area (Å²) >= 11 is 0. The quantitative estimate of drug-likeness (QED) is 0.855. The monoisotopic (exact) mass is 347 g/mol. The zero-order chi connectivity index (χ0) is 18.8. The number of hydrogen-bond acceptors (Lipinski definition) is 5. The molecule has 0 bridgehead atoms. The van der Waals surface area contributed by atoms with Gasteiger partial charge in [0.25, 0.3) is 0 Å². The maximum Gasteiger partial charge on any atom is 0.417 e. The molecule has 136 valence electrons. The van der Waals surface area contributed by atoms with Crippen LogP contribution in [0.3, 0.4) is 0 Å². The van der Waals surface area contributed by atoms with Gasteiger partial charge in [-0.3, -0.25) is 9.59 Å². The van der Waals surface area contributed by atoms with Gasteiger partial charge in [-0.25, -0.2) is 9.69 Å². The Labute approximate surface area is 147 Å². The van der Waals surface area contributed by atoms with Gasteiger partial charge in [-0.2, -0.15) is 0 Å². The number of imide groups is 1. The fourth-order valence-corrected chi connectivity index (χ4v) is 3.04. The largest absolute Gasteiger partial charge is 0.439 e. The van der Waals surface area contributed by atoms with E-state index in [1.165, 1.54) is 0 Å². The molecule has 1 aliphatic rings. The van der Waals surface area contributed by atoms with Gasteiger partial charge in [0.15, 0.2) is 0 Å². The number of nitrogens with zero attached hydrogens (tertiary/aromatic N) is 1. The number of aliphatic hydroxyl groups excluding tert-OH is 1. The Bertz CT molecular complexity index is 655. The lowest BCUT2D eigenvalue weighted by atomic mass is 9.79. The lowest BCUT2D eigenvalue weighted by molar-refractivity contribution is -0.138. The van der Waals surface area contributed by atoms with Crippen molar-refractivity contribution in [2.24, 2.45) is 5.41 Å². The van der Waals surface area contributed by atoms with Gasteiger partial charge in [0.05, 0.1) is 18.6 Å². The zero-order valence-corrected chi connectivity index (χ0v) is 15.1. The molecule has 1 N–H and O–H groups in total. The van der Waals surface area contributed by atoms with E-state index in [1.807, 2.05) is 30.3 Å². The molecule has 2 amide bonds. The summed E-state index contributed by atoms with van der Waals surface area (Å²) in [6.45, 7) is 6.66. The molecular formula is C19H25NO5. The van der Waals surface area contributed by atoms with Gasteiger partial charge in [0.2, 0.25) is 5.91 Å². The van der Waals surface area contributed by atoms with Crippen molar-refractivity contribution in [3.05, 3.63) is 35.9 Å². The van der Waals surface area contributed by atoms with Gasteiger partial charge in [-0.05, 0) is 12.5 Å². The minimum Gasteiger partial charge on any atom is -0.439 e. The molecule has 6 nitrogen and oxygen atoms in total. The van der Waals surface area contributed by atoms with Crippen LogP contribution in [0.5, 0.6) is 0 Å². The Morgan fingerprint density at radius 3 is 2.44 bits per heavy atom. The SMILES string of the molecule is CCC(=O)C(C)(C)[C@H](O)CC(=O)N1C(=O)O[C@@H](c2ccccc2)[C@H]1C. The van der Waals surface area contributed by atoms with E-state index < -0.39 is 35.7 Å². The Morgan fingerprint density at radius 2 is 1.88 bits per heavy atom. The molecule has 1 saturated heterocycles. The molecule has 0 saturated carbocycles. The van der Waals surface area contributed by atoms with E-state index in [-0.39, 0.29) is 18.6 Å². The summed E-state index contributed by atoms with van der Waals surface area (Å²) < 4.78 is 5.35. The summed E-state index contributed by atoms with van der Waals surface area (Å²) in [5.41, 5.74) is -0.239. The maximum atomic E-state index is 12.6. The van der Waals surface area contributed by atoms with Crippen molar-refractivity contribution < 1.29 is 24.2 Å². The van der Waals surface area contributed by atoms with Crippen LogP contribution >= 0.6 is 0 Å². The molecule has 1 aromatic carbocycles. The van der Waals surface area contributed by atoms with Gasteiger partial charge in [-0.1, -0.05) is 51.1 Å². The molecule has 0 aliphatic carbocycles. The predicted molar refractivity (Wildman–Crippen MR) is 91.7 cm³/mol. The Kier molecular flexibility index (Phi) is 5.62. The third-order valence-electron chi connectivity index (χ3n) is 4.91. The molecule has 1 aliphatic heterocycles. The summed E-state index contributed by atoms with van der Waals surface area (Å²) in [5, 5.41) is 10.3. The molecule has 0 spiro atoms. The number of Topliss-reactive ketones (excluding diaryl/α,β-unsaturated/α-hetero) is 1. The van der Waals surface area contributed by atoms with Crippen LogP contribution < -0.4 is 0 Å². The van der Waals surface area contributed by atoms with Crippen molar-refractivity contribution in [3.8, 4) is 0 Å². The average molecular weight is 347 g/mol. The number of aliphatic hydroxyl groups is 1. The van der Waals surface area contributed by atoms with Crippen LogP contribution in [0.2, 0.25) is 0 Å². The molecule has 2 rings (SSSR count). The number of cyclic esters (lactones) is 1. The Morgan fingerprint density at radius 1 is 1.28 bits per heavy atom. The fraction of sp³-hybridized carbons (Fsp3) is 0.526. The first-order valence-electron chi connectivity index (χ1n) is 8.49. The van der Waals surface area contributed by atoms with Crippen LogP contribution in [0, 0.1) is 5.41 Å². The fourth-order valence-electron chi connectivity index (χ4n) is 3.04. The summed E-state index contributed by atoms with van der Waals surface area (Å²) in [5.74, 6) is -0.674. The van der Waals surface area contributed by atoms with Gasteiger partial charge in [-0.15, -0.1) is 0 Å². The first-order chi connectivity index (χ1) is 11.7. The highest BCUT2D eigenvalue weighted by Crippen LogP contribution is 2.34. The number of hydrogen-bond donors (Lipinski definition) is 1. The summed E-state index contributed by atoms with van der Waals surface area (Å²) in [6, 6.07) is 8.71. The number of carbonyl (C=O) groups excluding carboxylic acids is 3. The number of amides is 2. The van der Waals surface area contributed by atoms with Crippen molar-refractivity contribution >= 4 is 17.8 Å². The topological polar surface area (TPSA) is 83.9 Å². The van der Waals surface area contributed by atoms with Crippen LogP contribution in [0.1, 0.15) is 52.2 Å². The molecule has 1 heterocycles. The number of rotatable bonds is 6. The molecule has 6 heteroatoms. The first kappa shape index (κ1) is 19.1. The highest BCUT2D eigenvalue weighted by atomic mass is 16.6. The molecule has 0 unspecified atom stereocenters. The summed E-state index contributed by atoms with van der Waals surface area (Å²) in [4.78, 5) is 37.7. The second-order valence-electron chi connectivity index (χ2n) is 6.94. The lowest BCUT2D eigenvalue weighted by Crippen LogP contribution is -2.44. The third kappa shape index (κ3) is 3.74. The summed E-state index contributed by atoms with van der Waals surface area (Å²) in [7, 11) is 0. The van der Waals surface area contributed by atoms with Crippen molar-refractivity contribution in [1.82, 2.24) is 4.90 Å². The first-order valence-corrected chi connectivity index (χ1v) is 8.49. The van der Waals surface area contributed by atoms with Crippen molar-refractivity contribution in [3.63, 3.8) is 0 Å². The minimum absolute atomic E-state index is 0.132. The van der Waals surface area contributed by atoms with Gasteiger partial charge < -0.3 is 9.84 Å². The molecule has 1 aromatic rings. The minimum atomic E-state index is -1.16. The van der Waals surface area contributed by atoms with Crippen LogP contribution in [0.4, 0.5) is 4.79 Å². The normalized spacial score (nSPS) is 21.8. The standard InChI is InChI=1S/C19H25NO5/c1-5-14(21)19(3,4)15(22)11-16(23)20-12(2)17(25-18(20)24)13-9-7-6-8-10-13/h6-10,12,15,17,22H,5,11H2,1-4H3/t12-,15-,17-/m1/s1. The van der Waals surface area contributed by atoms with Crippen LogP contribution in [-0.2, 0) is 14.3 Å². The van der Waals surface area contributed by atoms with E-state index in [9.17, 15) is 19.5 Å². The molecule has 0 aromatic heterocycles. The van der Waals surface area contributed by atoms with Gasteiger partial charge >= 0.3 is 6.09 Å². The molecule has 1 fully saturated rings. The number of ether oxygens (including phenoxy) is 1. The van der Waals surface area contributed by atoms with E-state index in [4.69, 9.17) is 4.74 Å². The van der Waals surface area contributed by atoms with Crippen LogP contribution in [0.15, 0.2) is 30.3 Å². The zero-order valence-electron chi connectivity index (χ0n) is 15.1. The van der Waals surface area contributed by atoms with E-state index in [2.05, 4.69) is 0 Å². The smallest absolute Gasteiger partial charge is 0.417 e. The number of carbonyl (C=O) groups is 3. The Hall–Kier alpha value is -2.21. The van der Waals surface area contributed by atoms with Gasteiger partial charge in [0, 0.05) is 11.8 Å². The predicted octanol–water partition coefficient (Wildman–Crippen LogP) is 2.85. The van der Waals surface area contributed by atoms with E-state index in [1.54, 1.807) is 27.7 Å². The van der Waals surface area contributed by atoms with Crippen LogP contribution in [0.25, 0.3) is 0 Å². The van der Waals surface area contributed by atoms with Crippen molar-refractivity contribution in [2.45, 2.75) is 58.8 Å². The average Bonchev–Trinajstić information content (AvgIpc) is 2.89.